The molecule has 138 valence electrons. The molecule has 1 aromatic heterocycles. The maximum atomic E-state index is 12.1. The zero-order valence-corrected chi connectivity index (χ0v) is 15.7. The van der Waals surface area contributed by atoms with E-state index < -0.39 is 5.97 Å². The summed E-state index contributed by atoms with van der Waals surface area (Å²) in [5.74, 6) is -0.712. The lowest BCUT2D eigenvalue weighted by Crippen LogP contribution is -2.22. The molecule has 6 nitrogen and oxygen atoms in total. The molecule has 0 aliphatic rings. The van der Waals surface area contributed by atoms with Crippen molar-refractivity contribution in [3.63, 3.8) is 0 Å². The van der Waals surface area contributed by atoms with Crippen LogP contribution in [-0.4, -0.2) is 22.0 Å². The van der Waals surface area contributed by atoms with Gasteiger partial charge in [0.05, 0.1) is 16.9 Å². The maximum Gasteiger partial charge on any atom is 0.338 e. The SMILES string of the molecule is CC(=O)N(c1cccc(C)c1)c1nc(COC(=O)c2cccc(O)c2)cs1. The second kappa shape index (κ2) is 8.01. The van der Waals surface area contributed by atoms with E-state index in [1.54, 1.807) is 17.5 Å². The number of esters is 1. The predicted octanol–water partition coefficient (Wildman–Crippen LogP) is 4.20. The van der Waals surface area contributed by atoms with Gasteiger partial charge in [-0.25, -0.2) is 9.78 Å². The lowest BCUT2D eigenvalue weighted by molar-refractivity contribution is -0.115. The number of phenolic OH excluding ortho intramolecular Hbond substituents is 1. The lowest BCUT2D eigenvalue weighted by atomic mass is 10.2. The number of carbonyl (C=O) groups excluding carboxylic acids is 2. The number of aromatic hydroxyl groups is 1. The van der Waals surface area contributed by atoms with Gasteiger partial charge >= 0.3 is 5.97 Å². The van der Waals surface area contributed by atoms with E-state index in [2.05, 4.69) is 4.98 Å². The van der Waals surface area contributed by atoms with E-state index in [-0.39, 0.29) is 23.8 Å². The van der Waals surface area contributed by atoms with Crippen LogP contribution in [0.25, 0.3) is 0 Å². The van der Waals surface area contributed by atoms with Crippen molar-refractivity contribution < 1.29 is 19.4 Å². The average molecular weight is 382 g/mol. The van der Waals surface area contributed by atoms with Gasteiger partial charge < -0.3 is 9.84 Å². The predicted molar refractivity (Wildman–Crippen MR) is 103 cm³/mol. The van der Waals surface area contributed by atoms with Gasteiger partial charge in [-0.05, 0) is 42.8 Å². The normalized spacial score (nSPS) is 10.4. The number of anilines is 2. The number of rotatable bonds is 5. The first-order valence-electron chi connectivity index (χ1n) is 8.22. The summed E-state index contributed by atoms with van der Waals surface area (Å²) in [6.45, 7) is 3.41. The number of nitrogens with zero attached hydrogens (tertiary/aromatic N) is 2. The Labute approximate surface area is 160 Å². The number of aromatic nitrogens is 1. The highest BCUT2D eigenvalue weighted by Gasteiger charge is 2.18. The van der Waals surface area contributed by atoms with Crippen LogP contribution in [0.4, 0.5) is 10.8 Å². The summed E-state index contributed by atoms with van der Waals surface area (Å²) >= 11 is 1.30. The average Bonchev–Trinajstić information content (AvgIpc) is 3.08. The third kappa shape index (κ3) is 4.51. The number of hydrogen-bond acceptors (Lipinski definition) is 6. The first-order valence-corrected chi connectivity index (χ1v) is 9.10. The summed E-state index contributed by atoms with van der Waals surface area (Å²) < 4.78 is 5.24. The smallest absolute Gasteiger partial charge is 0.338 e. The summed E-state index contributed by atoms with van der Waals surface area (Å²) in [6, 6.07) is 13.5. The number of aryl methyl sites for hydroxylation is 1. The molecular weight excluding hydrogens is 364 g/mol. The zero-order valence-electron chi connectivity index (χ0n) is 14.9. The third-order valence-corrected chi connectivity index (χ3v) is 4.61. The minimum atomic E-state index is -0.553. The minimum absolute atomic E-state index is 0.00403. The molecule has 0 aliphatic heterocycles. The van der Waals surface area contributed by atoms with Crippen LogP contribution in [-0.2, 0) is 16.1 Å². The molecule has 0 saturated heterocycles. The largest absolute Gasteiger partial charge is 0.508 e. The fourth-order valence-electron chi connectivity index (χ4n) is 2.51. The third-order valence-electron chi connectivity index (χ3n) is 3.74. The topological polar surface area (TPSA) is 79.7 Å². The van der Waals surface area contributed by atoms with Gasteiger partial charge in [-0.1, -0.05) is 18.2 Å². The van der Waals surface area contributed by atoms with Crippen LogP contribution in [0.3, 0.4) is 0 Å². The van der Waals surface area contributed by atoms with Crippen LogP contribution in [0.15, 0.2) is 53.9 Å². The van der Waals surface area contributed by atoms with Crippen molar-refractivity contribution in [3.05, 3.63) is 70.7 Å². The number of amides is 1. The van der Waals surface area contributed by atoms with E-state index in [0.29, 0.717) is 10.8 Å². The molecule has 0 radical (unpaired) electrons. The van der Waals surface area contributed by atoms with Gasteiger partial charge in [-0.3, -0.25) is 9.69 Å². The molecule has 3 aromatic rings. The first-order chi connectivity index (χ1) is 12.9. The molecule has 3 rings (SSSR count). The monoisotopic (exact) mass is 382 g/mol. The Kier molecular flexibility index (Phi) is 5.52. The van der Waals surface area contributed by atoms with Crippen molar-refractivity contribution in [2.75, 3.05) is 4.90 Å². The molecule has 2 aromatic carbocycles. The highest BCUT2D eigenvalue weighted by atomic mass is 32.1. The van der Waals surface area contributed by atoms with E-state index >= 15 is 0 Å². The van der Waals surface area contributed by atoms with Crippen molar-refractivity contribution in [2.24, 2.45) is 0 Å². The van der Waals surface area contributed by atoms with Gasteiger partial charge in [-0.2, -0.15) is 0 Å². The number of ether oxygens (including phenoxy) is 1. The van der Waals surface area contributed by atoms with Crippen LogP contribution in [0.5, 0.6) is 5.75 Å². The van der Waals surface area contributed by atoms with Gasteiger partial charge in [-0.15, -0.1) is 11.3 Å². The standard InChI is InChI=1S/C20H18N2O4S/c1-13-5-3-7-17(9-13)22(14(2)23)20-21-16(12-27-20)11-26-19(25)15-6-4-8-18(24)10-15/h3-10,12,24H,11H2,1-2H3. The molecule has 0 spiro atoms. The lowest BCUT2D eigenvalue weighted by Gasteiger charge is -2.18. The number of benzene rings is 2. The van der Waals surface area contributed by atoms with Gasteiger partial charge in [0.2, 0.25) is 5.91 Å². The summed E-state index contributed by atoms with van der Waals surface area (Å²) in [7, 11) is 0. The van der Waals surface area contributed by atoms with Crippen molar-refractivity contribution in [1.82, 2.24) is 4.98 Å². The maximum absolute atomic E-state index is 12.1. The van der Waals surface area contributed by atoms with Gasteiger partial charge in [0.15, 0.2) is 5.13 Å². The Morgan fingerprint density at radius 3 is 2.67 bits per heavy atom. The second-order valence-electron chi connectivity index (χ2n) is 5.94. The fourth-order valence-corrected chi connectivity index (χ4v) is 3.39. The molecule has 1 N–H and O–H groups in total. The van der Waals surface area contributed by atoms with Crippen molar-refractivity contribution in [1.29, 1.82) is 0 Å². The van der Waals surface area contributed by atoms with E-state index in [1.807, 2.05) is 31.2 Å². The number of thiazole rings is 1. The van der Waals surface area contributed by atoms with Crippen LogP contribution in [0.2, 0.25) is 0 Å². The Morgan fingerprint density at radius 1 is 1.19 bits per heavy atom. The molecule has 0 saturated carbocycles. The number of carbonyl (C=O) groups is 2. The molecule has 0 fully saturated rings. The van der Waals surface area contributed by atoms with Crippen molar-refractivity contribution >= 4 is 34.0 Å². The van der Waals surface area contributed by atoms with Crippen molar-refractivity contribution in [2.45, 2.75) is 20.5 Å². The first kappa shape index (κ1) is 18.6. The molecule has 1 amide bonds. The Hall–Kier alpha value is -3.19. The molecule has 27 heavy (non-hydrogen) atoms. The van der Waals surface area contributed by atoms with E-state index in [9.17, 15) is 14.7 Å². The summed E-state index contributed by atoms with van der Waals surface area (Å²) in [5.41, 5.74) is 2.58. The van der Waals surface area contributed by atoms with Crippen LogP contribution >= 0.6 is 11.3 Å². The van der Waals surface area contributed by atoms with Gasteiger partial charge in [0, 0.05) is 12.3 Å². The summed E-state index contributed by atoms with van der Waals surface area (Å²) in [6.07, 6.45) is 0. The van der Waals surface area contributed by atoms with Gasteiger partial charge in [0.1, 0.15) is 12.4 Å². The molecule has 0 bridgehead atoms. The zero-order chi connectivity index (χ0) is 19.4. The molecule has 0 aliphatic carbocycles. The quantitative estimate of drug-likeness (QED) is 0.669. The van der Waals surface area contributed by atoms with Crippen LogP contribution in [0.1, 0.15) is 28.5 Å². The molecular formula is C20H18N2O4S. The molecule has 0 atom stereocenters. The van der Waals surface area contributed by atoms with Crippen molar-refractivity contribution in [3.8, 4) is 5.75 Å². The molecule has 7 heteroatoms. The van der Waals surface area contributed by atoms with E-state index in [1.165, 1.54) is 35.3 Å². The van der Waals surface area contributed by atoms with E-state index in [4.69, 9.17) is 4.74 Å². The molecule has 0 unspecified atom stereocenters. The van der Waals surface area contributed by atoms with E-state index in [0.717, 1.165) is 11.3 Å². The van der Waals surface area contributed by atoms with Gasteiger partial charge in [0.25, 0.3) is 0 Å². The second-order valence-corrected chi connectivity index (χ2v) is 6.78. The van der Waals surface area contributed by atoms with Crippen LogP contribution in [0, 0.1) is 6.92 Å². The number of hydrogen-bond donors (Lipinski definition) is 1. The highest BCUT2D eigenvalue weighted by molar-refractivity contribution is 7.14. The highest BCUT2D eigenvalue weighted by Crippen LogP contribution is 2.29. The fraction of sp³-hybridized carbons (Fsp3) is 0.150. The minimum Gasteiger partial charge on any atom is -0.508 e. The Balaban J connectivity index is 1.73. The molecule has 1 heterocycles. The number of phenols is 1. The Bertz CT molecular complexity index is 983. The van der Waals surface area contributed by atoms with Crippen LogP contribution < -0.4 is 4.90 Å². The summed E-state index contributed by atoms with van der Waals surface area (Å²) in [4.78, 5) is 30.1. The summed E-state index contributed by atoms with van der Waals surface area (Å²) in [5, 5.41) is 11.7. The Morgan fingerprint density at radius 2 is 1.96 bits per heavy atom.